The summed E-state index contributed by atoms with van der Waals surface area (Å²) in [6.45, 7) is 2.69. The third-order valence-corrected chi connectivity index (χ3v) is 5.39. The Balaban J connectivity index is 1.45. The molecule has 0 bridgehead atoms. The number of hydrogen-bond donors (Lipinski definition) is 0. The first-order valence-corrected chi connectivity index (χ1v) is 9.38. The quantitative estimate of drug-likeness (QED) is 0.642. The zero-order valence-electron chi connectivity index (χ0n) is 14.4. The lowest BCUT2D eigenvalue weighted by Crippen LogP contribution is -2.49. The molecule has 4 rings (SSSR count). The molecule has 1 aromatic carbocycles. The lowest BCUT2D eigenvalue weighted by atomic mass is 10.2. The van der Waals surface area contributed by atoms with Gasteiger partial charge in [-0.2, -0.15) is 0 Å². The fraction of sp³-hybridized carbons (Fsp3) is 0.200. The van der Waals surface area contributed by atoms with E-state index in [9.17, 15) is 4.79 Å². The summed E-state index contributed by atoms with van der Waals surface area (Å²) in [4.78, 5) is 21.1. The minimum atomic E-state index is -0.125. The Morgan fingerprint density at radius 3 is 2.52 bits per heavy atom. The van der Waals surface area contributed by atoms with Crippen molar-refractivity contribution in [3.8, 4) is 11.3 Å². The second-order valence-electron chi connectivity index (χ2n) is 6.23. The Morgan fingerprint density at radius 2 is 1.78 bits per heavy atom. The van der Waals surface area contributed by atoms with Crippen molar-refractivity contribution in [1.29, 1.82) is 0 Å². The first-order chi connectivity index (χ1) is 13.1. The molecule has 1 aliphatic heterocycles. The molecule has 0 N–H and O–H groups in total. The third kappa shape index (κ3) is 3.66. The van der Waals surface area contributed by atoms with E-state index in [1.54, 1.807) is 35.4 Å². The first-order valence-electron chi connectivity index (χ1n) is 8.63. The predicted molar refractivity (Wildman–Crippen MR) is 107 cm³/mol. The number of furan rings is 1. The van der Waals surface area contributed by atoms with Crippen molar-refractivity contribution in [2.75, 3.05) is 31.1 Å². The van der Waals surface area contributed by atoms with E-state index in [1.807, 2.05) is 24.3 Å². The zero-order chi connectivity index (χ0) is 18.8. The van der Waals surface area contributed by atoms with Crippen LogP contribution < -0.4 is 4.90 Å². The number of aromatic nitrogens is 1. The second-order valence-corrected chi connectivity index (χ2v) is 7.02. The molecule has 1 fully saturated rings. The summed E-state index contributed by atoms with van der Waals surface area (Å²) >= 11 is 12.3. The third-order valence-electron chi connectivity index (χ3n) is 4.57. The molecule has 1 aliphatic rings. The topological polar surface area (TPSA) is 49.6 Å². The number of amides is 1. The van der Waals surface area contributed by atoms with Crippen LogP contribution in [0.25, 0.3) is 11.3 Å². The van der Waals surface area contributed by atoms with Crippen LogP contribution in [0.3, 0.4) is 0 Å². The van der Waals surface area contributed by atoms with Gasteiger partial charge in [-0.3, -0.25) is 4.79 Å². The molecular formula is C20H17Cl2N3O2. The van der Waals surface area contributed by atoms with Crippen molar-refractivity contribution < 1.29 is 9.21 Å². The molecule has 0 spiro atoms. The number of nitrogens with zero attached hydrogens (tertiary/aromatic N) is 3. The monoisotopic (exact) mass is 401 g/mol. The largest absolute Gasteiger partial charge is 0.451 e. The van der Waals surface area contributed by atoms with E-state index in [4.69, 9.17) is 27.6 Å². The van der Waals surface area contributed by atoms with Gasteiger partial charge in [0.25, 0.3) is 5.91 Å². The summed E-state index contributed by atoms with van der Waals surface area (Å²) in [7, 11) is 0. The van der Waals surface area contributed by atoms with Crippen molar-refractivity contribution in [1.82, 2.24) is 9.88 Å². The Morgan fingerprint density at radius 1 is 0.963 bits per heavy atom. The highest BCUT2D eigenvalue weighted by molar-refractivity contribution is 6.43. The summed E-state index contributed by atoms with van der Waals surface area (Å²) in [5.74, 6) is 1.63. The summed E-state index contributed by atoms with van der Waals surface area (Å²) in [6.07, 6.45) is 1.78. The molecule has 7 heteroatoms. The fourth-order valence-corrected chi connectivity index (χ4v) is 3.52. The van der Waals surface area contributed by atoms with E-state index in [0.717, 1.165) is 18.9 Å². The standard InChI is InChI=1S/C20H17Cl2N3O2/c21-15-5-3-4-14(19(15)22)16-7-8-17(27-16)20(26)25-12-10-24(11-13-25)18-6-1-2-9-23-18/h1-9H,10-13H2. The number of carbonyl (C=O) groups is 1. The SMILES string of the molecule is O=C(c1ccc(-c2cccc(Cl)c2Cl)o1)N1CCN(c2ccccn2)CC1. The number of benzene rings is 1. The maximum Gasteiger partial charge on any atom is 0.289 e. The molecule has 3 heterocycles. The number of halogens is 2. The molecule has 27 heavy (non-hydrogen) atoms. The molecule has 0 unspecified atom stereocenters. The van der Waals surface area contributed by atoms with Crippen LogP contribution in [-0.4, -0.2) is 42.0 Å². The van der Waals surface area contributed by atoms with Crippen LogP contribution in [0.1, 0.15) is 10.6 Å². The fourth-order valence-electron chi connectivity index (χ4n) is 3.13. The lowest BCUT2D eigenvalue weighted by molar-refractivity contribution is 0.0715. The number of anilines is 1. The van der Waals surface area contributed by atoms with E-state index < -0.39 is 0 Å². The number of hydrogen-bond acceptors (Lipinski definition) is 4. The molecule has 1 amide bonds. The molecule has 3 aromatic rings. The normalized spacial score (nSPS) is 14.4. The number of carbonyl (C=O) groups excluding carboxylic acids is 1. The molecular weight excluding hydrogens is 385 g/mol. The number of pyridine rings is 1. The summed E-state index contributed by atoms with van der Waals surface area (Å²) in [6, 6.07) is 14.6. The van der Waals surface area contributed by atoms with Crippen LogP contribution in [0.2, 0.25) is 10.0 Å². The van der Waals surface area contributed by atoms with Crippen LogP contribution in [0.4, 0.5) is 5.82 Å². The van der Waals surface area contributed by atoms with E-state index in [0.29, 0.717) is 40.2 Å². The van der Waals surface area contributed by atoms with Crippen LogP contribution in [0.5, 0.6) is 0 Å². The number of piperazine rings is 1. The molecule has 0 aliphatic carbocycles. The van der Waals surface area contributed by atoms with Gasteiger partial charge in [0, 0.05) is 37.9 Å². The summed E-state index contributed by atoms with van der Waals surface area (Å²) < 4.78 is 5.77. The first kappa shape index (κ1) is 17.9. The summed E-state index contributed by atoms with van der Waals surface area (Å²) in [5, 5.41) is 0.862. The van der Waals surface area contributed by atoms with Crippen molar-refractivity contribution in [3.63, 3.8) is 0 Å². The van der Waals surface area contributed by atoms with E-state index in [-0.39, 0.29) is 5.91 Å². The van der Waals surface area contributed by atoms with E-state index in [1.165, 1.54) is 0 Å². The van der Waals surface area contributed by atoms with Gasteiger partial charge in [-0.15, -0.1) is 0 Å². The van der Waals surface area contributed by atoms with Crippen molar-refractivity contribution >= 4 is 34.9 Å². The Bertz CT molecular complexity index is 951. The molecule has 0 atom stereocenters. The Labute approximate surface area is 167 Å². The maximum atomic E-state index is 12.8. The minimum Gasteiger partial charge on any atom is -0.451 e. The van der Waals surface area contributed by atoms with Crippen LogP contribution in [0, 0.1) is 0 Å². The van der Waals surface area contributed by atoms with Gasteiger partial charge in [0.05, 0.1) is 10.0 Å². The molecule has 138 valence electrons. The van der Waals surface area contributed by atoms with E-state index in [2.05, 4.69) is 9.88 Å². The highest BCUT2D eigenvalue weighted by Crippen LogP contribution is 2.34. The van der Waals surface area contributed by atoms with E-state index >= 15 is 0 Å². The van der Waals surface area contributed by atoms with Gasteiger partial charge in [0.1, 0.15) is 11.6 Å². The van der Waals surface area contributed by atoms with Gasteiger partial charge < -0.3 is 14.2 Å². The van der Waals surface area contributed by atoms with Gasteiger partial charge in [-0.25, -0.2) is 4.98 Å². The summed E-state index contributed by atoms with van der Waals surface area (Å²) in [5.41, 5.74) is 0.670. The zero-order valence-corrected chi connectivity index (χ0v) is 16.0. The van der Waals surface area contributed by atoms with Gasteiger partial charge in [0.2, 0.25) is 0 Å². The molecule has 5 nitrogen and oxygen atoms in total. The second kappa shape index (κ2) is 7.62. The average Bonchev–Trinajstić information content (AvgIpc) is 3.20. The van der Waals surface area contributed by atoms with Crippen molar-refractivity contribution in [3.05, 3.63) is 70.5 Å². The molecule has 1 saturated heterocycles. The highest BCUT2D eigenvalue weighted by atomic mass is 35.5. The lowest BCUT2D eigenvalue weighted by Gasteiger charge is -2.34. The Kier molecular flexibility index (Phi) is 5.05. The average molecular weight is 402 g/mol. The maximum absolute atomic E-state index is 12.8. The highest BCUT2D eigenvalue weighted by Gasteiger charge is 2.25. The van der Waals surface area contributed by atoms with Gasteiger partial charge >= 0.3 is 0 Å². The molecule has 0 saturated carbocycles. The minimum absolute atomic E-state index is 0.125. The van der Waals surface area contributed by atoms with Crippen molar-refractivity contribution in [2.24, 2.45) is 0 Å². The van der Waals surface area contributed by atoms with Crippen LogP contribution in [-0.2, 0) is 0 Å². The van der Waals surface area contributed by atoms with Gasteiger partial charge in [-0.1, -0.05) is 35.3 Å². The van der Waals surface area contributed by atoms with Crippen LogP contribution in [0.15, 0.2) is 59.1 Å². The molecule has 0 radical (unpaired) electrons. The van der Waals surface area contributed by atoms with Crippen LogP contribution >= 0.6 is 23.2 Å². The molecule has 2 aromatic heterocycles. The Hall–Kier alpha value is -2.50. The smallest absolute Gasteiger partial charge is 0.289 e. The van der Waals surface area contributed by atoms with Gasteiger partial charge in [0.15, 0.2) is 5.76 Å². The number of rotatable bonds is 3. The van der Waals surface area contributed by atoms with Gasteiger partial charge in [-0.05, 0) is 36.4 Å². The predicted octanol–water partition coefficient (Wildman–Crippen LogP) is 4.61. The van der Waals surface area contributed by atoms with Crippen molar-refractivity contribution in [2.45, 2.75) is 0 Å².